The van der Waals surface area contributed by atoms with E-state index < -0.39 is 46.4 Å². The van der Waals surface area contributed by atoms with Gasteiger partial charge in [0.15, 0.2) is 11.2 Å². The third kappa shape index (κ3) is 3.71. The molecule has 38 heavy (non-hydrogen) atoms. The lowest BCUT2D eigenvalue weighted by Gasteiger charge is -2.41. The number of aliphatic carboxylic acids is 1. The van der Waals surface area contributed by atoms with Crippen LogP contribution >= 0.6 is 15.9 Å². The van der Waals surface area contributed by atoms with Gasteiger partial charge in [0.25, 0.3) is 0 Å². The summed E-state index contributed by atoms with van der Waals surface area (Å²) in [5.41, 5.74) is -3.18. The zero-order valence-electron chi connectivity index (χ0n) is 21.4. The number of aliphatic hydroxyl groups is 1. The summed E-state index contributed by atoms with van der Waals surface area (Å²) >= 11 is 3.46. The smallest absolute Gasteiger partial charge is 0.308 e. The summed E-state index contributed by atoms with van der Waals surface area (Å²) in [5, 5.41) is 26.7. The van der Waals surface area contributed by atoms with Gasteiger partial charge in [-0.3, -0.25) is 14.6 Å². The van der Waals surface area contributed by atoms with Gasteiger partial charge in [-0.1, -0.05) is 58.4 Å². The van der Waals surface area contributed by atoms with E-state index in [0.29, 0.717) is 11.1 Å². The maximum atomic E-state index is 14.1. The SMILES string of the molecule is COc1cncc2c1C1(O)C(C(=O)NC(C)(C)C)C(C(=O)O)C(c3ccccc3)C1(c1ccc(Br)cc1)O2. The Morgan fingerprint density at radius 2 is 1.74 bits per heavy atom. The molecule has 5 atom stereocenters. The molecule has 0 radical (unpaired) electrons. The Balaban J connectivity index is 1.92. The highest BCUT2D eigenvalue weighted by molar-refractivity contribution is 9.10. The number of nitrogens with one attached hydrogen (secondary N) is 1. The van der Waals surface area contributed by atoms with Crippen LogP contribution in [0.5, 0.6) is 11.5 Å². The fourth-order valence-corrected chi connectivity index (χ4v) is 6.47. The number of nitrogens with zero attached hydrogens (tertiary/aromatic N) is 1. The number of ether oxygens (including phenoxy) is 2. The van der Waals surface area contributed by atoms with Crippen molar-refractivity contribution in [2.75, 3.05) is 7.11 Å². The molecular weight excluding hydrogens is 552 g/mol. The number of carboxylic acids is 1. The number of carbonyl (C=O) groups is 2. The van der Waals surface area contributed by atoms with Crippen LogP contribution in [0.2, 0.25) is 0 Å². The minimum Gasteiger partial charge on any atom is -0.495 e. The third-order valence-corrected chi connectivity index (χ3v) is 7.95. The average Bonchev–Trinajstić information content (AvgIpc) is 3.26. The van der Waals surface area contributed by atoms with Gasteiger partial charge in [-0.05, 0) is 44.0 Å². The summed E-state index contributed by atoms with van der Waals surface area (Å²) in [6.07, 6.45) is 2.90. The van der Waals surface area contributed by atoms with E-state index in [1.165, 1.54) is 19.5 Å². The second-order valence-electron chi connectivity index (χ2n) is 10.8. The lowest BCUT2D eigenvalue weighted by Crippen LogP contribution is -2.55. The molecule has 5 unspecified atom stereocenters. The maximum Gasteiger partial charge on any atom is 0.308 e. The number of pyridine rings is 1. The highest BCUT2D eigenvalue weighted by atomic mass is 79.9. The Morgan fingerprint density at radius 1 is 1.08 bits per heavy atom. The summed E-state index contributed by atoms with van der Waals surface area (Å²) in [4.78, 5) is 31.4. The van der Waals surface area contributed by atoms with Crippen LogP contribution in [0.25, 0.3) is 0 Å². The predicted molar refractivity (Wildman–Crippen MR) is 143 cm³/mol. The molecule has 1 fully saturated rings. The number of hydrogen-bond donors (Lipinski definition) is 3. The molecule has 198 valence electrons. The fourth-order valence-electron chi connectivity index (χ4n) is 6.20. The summed E-state index contributed by atoms with van der Waals surface area (Å²) in [6.45, 7) is 5.42. The first kappa shape index (κ1) is 26.2. The van der Waals surface area contributed by atoms with E-state index in [4.69, 9.17) is 9.47 Å². The molecule has 1 aliphatic heterocycles. The number of carboxylic acid groups (broad SMARTS) is 1. The van der Waals surface area contributed by atoms with Crippen molar-refractivity contribution < 1.29 is 29.3 Å². The zero-order chi connectivity index (χ0) is 27.5. The molecule has 0 spiro atoms. The Bertz CT molecular complexity index is 1390. The zero-order valence-corrected chi connectivity index (χ0v) is 23.0. The van der Waals surface area contributed by atoms with Gasteiger partial charge in [-0.15, -0.1) is 0 Å². The van der Waals surface area contributed by atoms with Gasteiger partial charge in [0.1, 0.15) is 11.5 Å². The number of carbonyl (C=O) groups excluding carboxylic acids is 1. The average molecular weight is 581 g/mol. The van der Waals surface area contributed by atoms with Gasteiger partial charge in [-0.25, -0.2) is 0 Å². The van der Waals surface area contributed by atoms with Gasteiger partial charge < -0.3 is 25.0 Å². The van der Waals surface area contributed by atoms with Crippen LogP contribution in [0.15, 0.2) is 71.5 Å². The Hall–Kier alpha value is -3.43. The third-order valence-electron chi connectivity index (χ3n) is 7.42. The number of benzene rings is 2. The van der Waals surface area contributed by atoms with E-state index in [1.807, 2.05) is 6.07 Å². The van der Waals surface area contributed by atoms with Crippen molar-refractivity contribution in [1.29, 1.82) is 0 Å². The molecule has 9 heteroatoms. The topological polar surface area (TPSA) is 118 Å². The molecule has 3 aromatic rings. The van der Waals surface area contributed by atoms with Crippen LogP contribution in [-0.4, -0.2) is 39.7 Å². The minimum absolute atomic E-state index is 0.204. The van der Waals surface area contributed by atoms with Crippen molar-refractivity contribution in [3.05, 3.63) is 88.2 Å². The van der Waals surface area contributed by atoms with Crippen LogP contribution in [0, 0.1) is 11.8 Å². The number of aromatic nitrogens is 1. The molecule has 2 aromatic carbocycles. The second kappa shape index (κ2) is 9.10. The van der Waals surface area contributed by atoms with Crippen molar-refractivity contribution in [3.63, 3.8) is 0 Å². The van der Waals surface area contributed by atoms with Crippen LogP contribution in [0.3, 0.4) is 0 Å². The Morgan fingerprint density at radius 3 is 2.32 bits per heavy atom. The standard InChI is InChI=1S/C29H29BrN2O6/c1-27(2,3)32-25(33)24-21(26(34)35)22(16-8-6-5-7-9-16)29(17-10-12-18(30)13-11-17)28(24,36)23-19(37-4)14-31-15-20(23)38-29/h5-15,21-22,24,36H,1-4H3,(H,32,33)(H,34,35). The second-order valence-corrected chi connectivity index (χ2v) is 11.7. The normalized spacial score (nSPS) is 27.7. The number of rotatable bonds is 5. The van der Waals surface area contributed by atoms with Crippen molar-refractivity contribution >= 4 is 27.8 Å². The Kier molecular flexibility index (Phi) is 6.27. The van der Waals surface area contributed by atoms with E-state index in [1.54, 1.807) is 69.3 Å². The molecule has 1 aromatic heterocycles. The van der Waals surface area contributed by atoms with Crippen molar-refractivity contribution in [2.45, 2.75) is 43.4 Å². The number of amides is 1. The predicted octanol–water partition coefficient (Wildman–Crippen LogP) is 4.36. The number of halogens is 1. The first-order valence-corrected chi connectivity index (χ1v) is 13.0. The lowest BCUT2D eigenvalue weighted by atomic mass is 9.69. The monoisotopic (exact) mass is 580 g/mol. The van der Waals surface area contributed by atoms with E-state index in [9.17, 15) is 19.8 Å². The largest absolute Gasteiger partial charge is 0.495 e. The van der Waals surface area contributed by atoms with Gasteiger partial charge in [0.05, 0.1) is 36.9 Å². The summed E-state index contributed by atoms with van der Waals surface area (Å²) in [7, 11) is 1.43. The summed E-state index contributed by atoms with van der Waals surface area (Å²) in [6, 6.07) is 16.2. The van der Waals surface area contributed by atoms with Gasteiger partial charge in [0.2, 0.25) is 5.91 Å². The van der Waals surface area contributed by atoms with Crippen LogP contribution in [0.4, 0.5) is 0 Å². The van der Waals surface area contributed by atoms with E-state index in [-0.39, 0.29) is 17.1 Å². The van der Waals surface area contributed by atoms with Crippen molar-refractivity contribution in [2.24, 2.45) is 11.8 Å². The van der Waals surface area contributed by atoms with E-state index >= 15 is 0 Å². The summed E-state index contributed by atoms with van der Waals surface area (Å²) in [5.74, 6) is -5.12. The molecule has 8 nitrogen and oxygen atoms in total. The molecule has 5 rings (SSSR count). The molecular formula is C29H29BrN2O6. The van der Waals surface area contributed by atoms with Crippen molar-refractivity contribution in [1.82, 2.24) is 10.3 Å². The molecule has 0 saturated heterocycles. The maximum absolute atomic E-state index is 14.1. The number of methoxy groups -OCH3 is 1. The van der Waals surface area contributed by atoms with E-state index in [2.05, 4.69) is 26.2 Å². The molecule has 1 saturated carbocycles. The van der Waals surface area contributed by atoms with Gasteiger partial charge in [0, 0.05) is 15.9 Å². The quantitative estimate of drug-likeness (QED) is 0.410. The van der Waals surface area contributed by atoms with Crippen LogP contribution < -0.4 is 14.8 Å². The first-order chi connectivity index (χ1) is 18.0. The number of fused-ring (bicyclic) bond motifs is 3. The van der Waals surface area contributed by atoms with Crippen LogP contribution in [-0.2, 0) is 20.8 Å². The minimum atomic E-state index is -2.14. The highest BCUT2D eigenvalue weighted by Gasteiger charge is 2.79. The van der Waals surface area contributed by atoms with Gasteiger partial charge >= 0.3 is 5.97 Å². The number of hydrogen-bond acceptors (Lipinski definition) is 6. The van der Waals surface area contributed by atoms with E-state index in [0.717, 1.165) is 4.47 Å². The summed E-state index contributed by atoms with van der Waals surface area (Å²) < 4.78 is 13.1. The lowest BCUT2D eigenvalue weighted by molar-refractivity contribution is -0.158. The highest BCUT2D eigenvalue weighted by Crippen LogP contribution is 2.71. The molecule has 0 bridgehead atoms. The molecule has 2 aliphatic rings. The molecule has 1 amide bonds. The molecule has 1 aliphatic carbocycles. The van der Waals surface area contributed by atoms with Crippen LogP contribution in [0.1, 0.15) is 43.4 Å². The van der Waals surface area contributed by atoms with Gasteiger partial charge in [-0.2, -0.15) is 0 Å². The van der Waals surface area contributed by atoms with Crippen molar-refractivity contribution in [3.8, 4) is 11.5 Å². The molecule has 2 heterocycles. The first-order valence-electron chi connectivity index (χ1n) is 12.3. The Labute approximate surface area is 229 Å². The molecule has 3 N–H and O–H groups in total. The fraction of sp³-hybridized carbons (Fsp3) is 0.345.